The third kappa shape index (κ3) is 2.91. The molecule has 1 aromatic heterocycles. The predicted octanol–water partition coefficient (Wildman–Crippen LogP) is 2.76. The van der Waals surface area contributed by atoms with Crippen molar-refractivity contribution in [2.24, 2.45) is 5.92 Å². The number of carboxylic acid groups (broad SMARTS) is 1. The summed E-state index contributed by atoms with van der Waals surface area (Å²) in [6.45, 7) is 2.14. The van der Waals surface area contributed by atoms with Crippen molar-refractivity contribution in [2.75, 3.05) is 13.1 Å². The summed E-state index contributed by atoms with van der Waals surface area (Å²) in [5.41, 5.74) is 0.890. The van der Waals surface area contributed by atoms with Gasteiger partial charge in [0.15, 0.2) is 0 Å². The second kappa shape index (κ2) is 5.63. The lowest BCUT2D eigenvalue weighted by molar-refractivity contribution is -0.141. The molecular weight excluding hydrogens is 266 g/mol. The van der Waals surface area contributed by atoms with E-state index in [1.165, 1.54) is 0 Å². The van der Waals surface area contributed by atoms with Gasteiger partial charge in [-0.3, -0.25) is 9.69 Å². The summed E-state index contributed by atoms with van der Waals surface area (Å²) in [5.74, 6) is -0.0151. The molecule has 0 radical (unpaired) electrons. The van der Waals surface area contributed by atoms with Gasteiger partial charge in [-0.1, -0.05) is 18.2 Å². The lowest BCUT2D eigenvalue weighted by atomic mass is 10.1. The average Bonchev–Trinajstić information content (AvgIpc) is 2.94. The van der Waals surface area contributed by atoms with Crippen molar-refractivity contribution in [1.29, 1.82) is 0 Å². The van der Waals surface area contributed by atoms with E-state index in [4.69, 9.17) is 9.52 Å². The van der Waals surface area contributed by atoms with Crippen molar-refractivity contribution in [3.8, 4) is 0 Å². The molecule has 0 aliphatic carbocycles. The number of nitrogens with zero attached hydrogens (tertiary/aromatic N) is 1. The van der Waals surface area contributed by atoms with Gasteiger partial charge in [0.1, 0.15) is 11.3 Å². The average molecular weight is 282 g/mol. The van der Waals surface area contributed by atoms with Crippen LogP contribution in [0.15, 0.2) is 34.7 Å². The van der Waals surface area contributed by atoms with Crippen LogP contribution in [0.2, 0.25) is 0 Å². The van der Waals surface area contributed by atoms with E-state index in [1.54, 1.807) is 0 Å². The highest BCUT2D eigenvalue weighted by Crippen LogP contribution is 2.23. The van der Waals surface area contributed by atoms with Gasteiger partial charge in [0.2, 0.25) is 0 Å². The Bertz CT molecular complexity index is 548. The summed E-state index contributed by atoms with van der Waals surface area (Å²) in [6, 6.07) is 9.93. The zero-order chi connectivity index (χ0) is 12.5. The summed E-state index contributed by atoms with van der Waals surface area (Å²) >= 11 is 0. The molecular formula is C14H16ClNO3. The summed E-state index contributed by atoms with van der Waals surface area (Å²) in [4.78, 5) is 13.0. The molecule has 2 aromatic rings. The predicted molar refractivity (Wildman–Crippen MR) is 74.5 cm³/mol. The van der Waals surface area contributed by atoms with E-state index in [0.29, 0.717) is 13.1 Å². The minimum absolute atomic E-state index is 0. The number of furan rings is 1. The number of likely N-dealkylation sites (tertiary alicyclic amines) is 1. The Morgan fingerprint density at radius 1 is 1.42 bits per heavy atom. The smallest absolute Gasteiger partial charge is 0.307 e. The number of carboxylic acids is 1. The van der Waals surface area contributed by atoms with Crippen molar-refractivity contribution in [1.82, 2.24) is 4.90 Å². The molecule has 1 fully saturated rings. The third-order valence-corrected chi connectivity index (χ3v) is 3.48. The van der Waals surface area contributed by atoms with Crippen LogP contribution in [0.3, 0.4) is 0 Å². The molecule has 1 aromatic carbocycles. The maximum Gasteiger partial charge on any atom is 0.307 e. The van der Waals surface area contributed by atoms with E-state index in [9.17, 15) is 4.79 Å². The molecule has 1 saturated heterocycles. The quantitative estimate of drug-likeness (QED) is 0.940. The van der Waals surface area contributed by atoms with Crippen molar-refractivity contribution >= 4 is 29.3 Å². The Morgan fingerprint density at radius 3 is 2.89 bits per heavy atom. The lowest BCUT2D eigenvalue weighted by Crippen LogP contribution is -2.22. The van der Waals surface area contributed by atoms with E-state index in [-0.39, 0.29) is 18.3 Å². The van der Waals surface area contributed by atoms with Crippen LogP contribution in [0.4, 0.5) is 0 Å². The van der Waals surface area contributed by atoms with E-state index >= 15 is 0 Å². The van der Waals surface area contributed by atoms with Gasteiger partial charge in [-0.2, -0.15) is 0 Å². The highest BCUT2D eigenvalue weighted by molar-refractivity contribution is 5.85. The van der Waals surface area contributed by atoms with Crippen LogP contribution in [-0.4, -0.2) is 29.1 Å². The number of fused-ring (bicyclic) bond motifs is 1. The van der Waals surface area contributed by atoms with Crippen LogP contribution in [0.1, 0.15) is 12.2 Å². The lowest BCUT2D eigenvalue weighted by Gasteiger charge is -2.12. The fourth-order valence-electron chi connectivity index (χ4n) is 2.51. The maximum absolute atomic E-state index is 10.9. The number of halogens is 1. The molecule has 1 unspecified atom stereocenters. The highest BCUT2D eigenvalue weighted by atomic mass is 35.5. The Hall–Kier alpha value is -1.52. The first-order valence-corrected chi connectivity index (χ1v) is 6.15. The van der Waals surface area contributed by atoms with Gasteiger partial charge in [0.25, 0.3) is 0 Å². The van der Waals surface area contributed by atoms with Crippen LogP contribution in [-0.2, 0) is 11.3 Å². The van der Waals surface area contributed by atoms with Crippen molar-refractivity contribution in [3.05, 3.63) is 36.1 Å². The Labute approximate surface area is 117 Å². The second-order valence-corrected chi connectivity index (χ2v) is 4.81. The van der Waals surface area contributed by atoms with E-state index < -0.39 is 5.97 Å². The van der Waals surface area contributed by atoms with Gasteiger partial charge in [-0.25, -0.2) is 0 Å². The Balaban J connectivity index is 0.00000133. The highest BCUT2D eigenvalue weighted by Gasteiger charge is 2.28. The summed E-state index contributed by atoms with van der Waals surface area (Å²) in [5, 5.41) is 10.1. The minimum Gasteiger partial charge on any atom is -0.481 e. The number of aliphatic carboxylic acids is 1. The van der Waals surface area contributed by atoms with Crippen molar-refractivity contribution < 1.29 is 14.3 Å². The molecule has 0 bridgehead atoms. The first kappa shape index (κ1) is 13.9. The SMILES string of the molecule is Cl.O=C(O)C1CCN(Cc2cc3ccccc3o2)C1. The van der Waals surface area contributed by atoms with Crippen LogP contribution in [0.25, 0.3) is 11.0 Å². The molecule has 0 saturated carbocycles. The first-order valence-electron chi connectivity index (χ1n) is 6.15. The largest absolute Gasteiger partial charge is 0.481 e. The number of hydrogen-bond donors (Lipinski definition) is 1. The summed E-state index contributed by atoms with van der Waals surface area (Å²) in [6.07, 6.45) is 0.732. The van der Waals surface area contributed by atoms with Crippen LogP contribution >= 0.6 is 12.4 Å². The molecule has 102 valence electrons. The first-order chi connectivity index (χ1) is 8.72. The van der Waals surface area contributed by atoms with E-state index in [0.717, 1.165) is 29.7 Å². The maximum atomic E-state index is 10.9. The van der Waals surface area contributed by atoms with Crippen molar-refractivity contribution in [2.45, 2.75) is 13.0 Å². The fraction of sp³-hybridized carbons (Fsp3) is 0.357. The third-order valence-electron chi connectivity index (χ3n) is 3.48. The molecule has 1 aliphatic heterocycles. The van der Waals surface area contributed by atoms with Gasteiger partial charge in [-0.15, -0.1) is 12.4 Å². The van der Waals surface area contributed by atoms with Crippen LogP contribution in [0, 0.1) is 5.92 Å². The normalized spacial score (nSPS) is 19.5. The van der Waals surface area contributed by atoms with Gasteiger partial charge >= 0.3 is 5.97 Å². The minimum atomic E-state index is -0.692. The molecule has 3 rings (SSSR count). The van der Waals surface area contributed by atoms with Crippen LogP contribution in [0.5, 0.6) is 0 Å². The topological polar surface area (TPSA) is 53.7 Å². The molecule has 1 atom stereocenters. The standard InChI is InChI=1S/C14H15NO3.ClH/c16-14(17)11-5-6-15(8-11)9-12-7-10-3-1-2-4-13(10)18-12;/h1-4,7,11H,5-6,8-9H2,(H,16,17);1H. The number of benzene rings is 1. The number of rotatable bonds is 3. The molecule has 0 amide bonds. The Morgan fingerprint density at radius 2 is 2.21 bits per heavy atom. The Kier molecular flexibility index (Phi) is 4.12. The molecule has 0 spiro atoms. The number of hydrogen-bond acceptors (Lipinski definition) is 3. The van der Waals surface area contributed by atoms with Gasteiger partial charge in [0, 0.05) is 11.9 Å². The zero-order valence-corrected chi connectivity index (χ0v) is 11.2. The van der Waals surface area contributed by atoms with Gasteiger partial charge in [0.05, 0.1) is 12.5 Å². The second-order valence-electron chi connectivity index (χ2n) is 4.81. The van der Waals surface area contributed by atoms with Crippen LogP contribution < -0.4 is 0 Å². The molecule has 19 heavy (non-hydrogen) atoms. The number of carbonyl (C=O) groups is 1. The van der Waals surface area contributed by atoms with E-state index in [2.05, 4.69) is 4.90 Å². The molecule has 5 heteroatoms. The van der Waals surface area contributed by atoms with E-state index in [1.807, 2.05) is 30.3 Å². The summed E-state index contributed by atoms with van der Waals surface area (Å²) in [7, 11) is 0. The molecule has 2 heterocycles. The van der Waals surface area contributed by atoms with Gasteiger partial charge in [-0.05, 0) is 25.1 Å². The zero-order valence-electron chi connectivity index (χ0n) is 10.4. The molecule has 1 aliphatic rings. The monoisotopic (exact) mass is 281 g/mol. The fourth-order valence-corrected chi connectivity index (χ4v) is 2.51. The molecule has 1 N–H and O–H groups in total. The summed E-state index contributed by atoms with van der Waals surface area (Å²) < 4.78 is 5.74. The molecule has 4 nitrogen and oxygen atoms in total. The van der Waals surface area contributed by atoms with Crippen molar-refractivity contribution in [3.63, 3.8) is 0 Å². The van der Waals surface area contributed by atoms with Gasteiger partial charge < -0.3 is 9.52 Å². The number of para-hydroxylation sites is 1.